The molecule has 1 amide bonds. The van der Waals surface area contributed by atoms with Crippen molar-refractivity contribution in [3.8, 4) is 0 Å². The summed E-state index contributed by atoms with van der Waals surface area (Å²) in [6.45, 7) is 1.84. The molecule has 1 aromatic heterocycles. The first kappa shape index (κ1) is 19.1. The monoisotopic (exact) mass is 383 g/mol. The van der Waals surface area contributed by atoms with Gasteiger partial charge in [-0.15, -0.1) is 10.2 Å². The van der Waals surface area contributed by atoms with Gasteiger partial charge in [-0.3, -0.25) is 14.2 Å². The Balaban J connectivity index is 2.22. The molecule has 10 heteroatoms. The number of para-hydroxylation sites is 1. The molecule has 25 heavy (non-hydrogen) atoms. The van der Waals surface area contributed by atoms with E-state index in [1.807, 2.05) is 6.92 Å². The molecule has 0 saturated carbocycles. The van der Waals surface area contributed by atoms with E-state index in [9.17, 15) is 9.59 Å². The number of methoxy groups -OCH3 is 1. The standard InChI is InChI=1S/C15H18ClN5O3S/c1-3-11(13(23)18-10-7-5-4-6-9(10)16)21-14(17)19-20-15(21)25-8-12(22)24-2/h4-7,11H,3,8H2,1-2H3,(H2,17,19)(H,18,23). The van der Waals surface area contributed by atoms with Crippen LogP contribution < -0.4 is 11.1 Å². The summed E-state index contributed by atoms with van der Waals surface area (Å²) >= 11 is 7.18. The molecule has 0 aliphatic carbocycles. The molecule has 2 rings (SSSR count). The van der Waals surface area contributed by atoms with Crippen molar-refractivity contribution in [1.82, 2.24) is 14.8 Å². The number of rotatable bonds is 7. The summed E-state index contributed by atoms with van der Waals surface area (Å²) < 4.78 is 6.10. The van der Waals surface area contributed by atoms with Crippen molar-refractivity contribution in [3.63, 3.8) is 0 Å². The third kappa shape index (κ3) is 4.64. The molecular formula is C15H18ClN5O3S. The van der Waals surface area contributed by atoms with Crippen molar-refractivity contribution >= 4 is 46.9 Å². The van der Waals surface area contributed by atoms with Crippen LogP contribution in [0, 0.1) is 0 Å². The summed E-state index contributed by atoms with van der Waals surface area (Å²) in [5.74, 6) is -0.584. The third-order valence-corrected chi connectivity index (χ3v) is 4.62. The maximum atomic E-state index is 12.7. The molecule has 1 heterocycles. The molecule has 0 aliphatic heterocycles. The quantitative estimate of drug-likeness (QED) is 0.557. The maximum absolute atomic E-state index is 12.7. The van der Waals surface area contributed by atoms with Gasteiger partial charge in [0.15, 0.2) is 5.16 Å². The van der Waals surface area contributed by atoms with Crippen LogP contribution in [0.15, 0.2) is 29.4 Å². The Labute approximate surface area is 154 Å². The fraction of sp³-hybridized carbons (Fsp3) is 0.333. The number of nitrogens with two attached hydrogens (primary N) is 1. The fourth-order valence-corrected chi connectivity index (χ4v) is 3.13. The van der Waals surface area contributed by atoms with E-state index in [2.05, 4.69) is 20.3 Å². The number of aromatic nitrogens is 3. The number of halogens is 1. The Morgan fingerprint density at radius 3 is 2.76 bits per heavy atom. The predicted molar refractivity (Wildman–Crippen MR) is 96.6 cm³/mol. The topological polar surface area (TPSA) is 112 Å². The van der Waals surface area contributed by atoms with Gasteiger partial charge in [-0.25, -0.2) is 0 Å². The molecule has 2 aromatic rings. The van der Waals surface area contributed by atoms with Crippen molar-refractivity contribution < 1.29 is 14.3 Å². The number of nitrogen functional groups attached to an aromatic ring is 1. The molecule has 0 bridgehead atoms. The lowest BCUT2D eigenvalue weighted by Crippen LogP contribution is -2.27. The van der Waals surface area contributed by atoms with Gasteiger partial charge in [-0.2, -0.15) is 0 Å². The zero-order chi connectivity index (χ0) is 18.4. The fourth-order valence-electron chi connectivity index (χ4n) is 2.13. The van der Waals surface area contributed by atoms with Gasteiger partial charge in [0.25, 0.3) is 0 Å². The second-order valence-corrected chi connectivity index (χ2v) is 6.32. The summed E-state index contributed by atoms with van der Waals surface area (Å²) in [5, 5.41) is 11.3. The third-order valence-electron chi connectivity index (χ3n) is 3.37. The van der Waals surface area contributed by atoms with Crippen LogP contribution in [0.25, 0.3) is 0 Å². The number of ether oxygens (including phenoxy) is 1. The van der Waals surface area contributed by atoms with Gasteiger partial charge in [0.05, 0.1) is 23.6 Å². The van der Waals surface area contributed by atoms with E-state index in [1.165, 1.54) is 11.7 Å². The Morgan fingerprint density at radius 1 is 1.40 bits per heavy atom. The Bertz CT molecular complexity index is 767. The van der Waals surface area contributed by atoms with Gasteiger partial charge in [-0.1, -0.05) is 42.4 Å². The number of anilines is 2. The number of nitrogens with one attached hydrogen (secondary N) is 1. The van der Waals surface area contributed by atoms with Gasteiger partial charge >= 0.3 is 5.97 Å². The zero-order valence-electron chi connectivity index (χ0n) is 13.7. The Morgan fingerprint density at radius 2 is 2.12 bits per heavy atom. The molecule has 0 aliphatic rings. The van der Waals surface area contributed by atoms with E-state index in [4.69, 9.17) is 17.3 Å². The van der Waals surface area contributed by atoms with Crippen LogP contribution in [0.3, 0.4) is 0 Å². The summed E-state index contributed by atoms with van der Waals surface area (Å²) in [6.07, 6.45) is 0.449. The van der Waals surface area contributed by atoms with Crippen molar-refractivity contribution in [2.45, 2.75) is 24.5 Å². The van der Waals surface area contributed by atoms with Gasteiger partial charge in [0, 0.05) is 0 Å². The van der Waals surface area contributed by atoms with Crippen LogP contribution in [-0.2, 0) is 14.3 Å². The Kier molecular flexibility index (Phi) is 6.65. The first-order chi connectivity index (χ1) is 12.0. The van der Waals surface area contributed by atoms with E-state index in [0.29, 0.717) is 22.3 Å². The minimum Gasteiger partial charge on any atom is -0.468 e. The lowest BCUT2D eigenvalue weighted by molar-refractivity contribution is -0.137. The smallest absolute Gasteiger partial charge is 0.316 e. The van der Waals surface area contributed by atoms with Crippen LogP contribution in [-0.4, -0.2) is 39.5 Å². The van der Waals surface area contributed by atoms with Crippen molar-refractivity contribution in [3.05, 3.63) is 29.3 Å². The average molecular weight is 384 g/mol. The number of hydrogen-bond donors (Lipinski definition) is 2. The second-order valence-electron chi connectivity index (χ2n) is 4.97. The van der Waals surface area contributed by atoms with E-state index in [1.54, 1.807) is 24.3 Å². The number of nitrogens with zero attached hydrogens (tertiary/aromatic N) is 3. The number of benzene rings is 1. The normalized spacial score (nSPS) is 11.8. The number of carbonyl (C=O) groups excluding carboxylic acids is 2. The largest absolute Gasteiger partial charge is 0.468 e. The van der Waals surface area contributed by atoms with Gasteiger partial charge in [0.2, 0.25) is 11.9 Å². The molecule has 1 atom stereocenters. The van der Waals surface area contributed by atoms with Crippen molar-refractivity contribution in [2.75, 3.05) is 23.9 Å². The highest BCUT2D eigenvalue weighted by molar-refractivity contribution is 7.99. The molecule has 3 N–H and O–H groups in total. The number of esters is 1. The molecule has 0 fully saturated rings. The molecule has 8 nitrogen and oxygen atoms in total. The average Bonchev–Trinajstić information content (AvgIpc) is 2.96. The first-order valence-electron chi connectivity index (χ1n) is 7.43. The predicted octanol–water partition coefficient (Wildman–Crippen LogP) is 2.37. The molecule has 134 valence electrons. The minimum atomic E-state index is -0.647. The first-order valence-corrected chi connectivity index (χ1v) is 8.79. The number of thioether (sulfide) groups is 1. The highest BCUT2D eigenvalue weighted by Gasteiger charge is 2.25. The number of hydrogen-bond acceptors (Lipinski definition) is 7. The van der Waals surface area contributed by atoms with Crippen LogP contribution >= 0.6 is 23.4 Å². The van der Waals surface area contributed by atoms with E-state index in [-0.39, 0.29) is 17.6 Å². The van der Waals surface area contributed by atoms with Gasteiger partial charge in [0.1, 0.15) is 6.04 Å². The lowest BCUT2D eigenvalue weighted by atomic mass is 10.2. The minimum absolute atomic E-state index is 0.0389. The molecular weight excluding hydrogens is 366 g/mol. The molecule has 1 aromatic carbocycles. The summed E-state index contributed by atoms with van der Waals surface area (Å²) in [4.78, 5) is 24.0. The lowest BCUT2D eigenvalue weighted by Gasteiger charge is -2.19. The van der Waals surface area contributed by atoms with Gasteiger partial charge in [-0.05, 0) is 18.6 Å². The summed E-state index contributed by atoms with van der Waals surface area (Å²) in [5.41, 5.74) is 6.37. The van der Waals surface area contributed by atoms with Crippen LogP contribution in [0.5, 0.6) is 0 Å². The van der Waals surface area contributed by atoms with Crippen molar-refractivity contribution in [1.29, 1.82) is 0 Å². The number of carbonyl (C=O) groups is 2. The molecule has 1 unspecified atom stereocenters. The second kappa shape index (κ2) is 8.72. The zero-order valence-corrected chi connectivity index (χ0v) is 15.3. The summed E-state index contributed by atoms with van der Waals surface area (Å²) in [7, 11) is 1.30. The maximum Gasteiger partial charge on any atom is 0.316 e. The van der Waals surface area contributed by atoms with Crippen LogP contribution in [0.4, 0.5) is 11.6 Å². The molecule has 0 spiro atoms. The highest BCUT2D eigenvalue weighted by Crippen LogP contribution is 2.27. The van der Waals surface area contributed by atoms with Gasteiger partial charge < -0.3 is 15.8 Å². The van der Waals surface area contributed by atoms with Crippen molar-refractivity contribution in [2.24, 2.45) is 0 Å². The van der Waals surface area contributed by atoms with E-state index < -0.39 is 12.0 Å². The summed E-state index contributed by atoms with van der Waals surface area (Å²) in [6, 6.07) is 6.28. The van der Waals surface area contributed by atoms with Crippen LogP contribution in [0.1, 0.15) is 19.4 Å². The van der Waals surface area contributed by atoms with E-state index in [0.717, 1.165) is 11.8 Å². The van der Waals surface area contributed by atoms with Crippen LogP contribution in [0.2, 0.25) is 5.02 Å². The number of amides is 1. The molecule has 0 radical (unpaired) electrons. The molecule has 0 saturated heterocycles. The SMILES string of the molecule is CCC(C(=O)Nc1ccccc1Cl)n1c(N)nnc1SCC(=O)OC. The highest BCUT2D eigenvalue weighted by atomic mass is 35.5. The van der Waals surface area contributed by atoms with E-state index >= 15 is 0 Å². The Hall–Kier alpha value is -2.26.